The molecule has 1 atom stereocenters. The zero-order valence-electron chi connectivity index (χ0n) is 7.28. The third kappa shape index (κ3) is 2.84. The van der Waals surface area contributed by atoms with Crippen LogP contribution in [0.3, 0.4) is 0 Å². The molecule has 4 nitrogen and oxygen atoms in total. The van der Waals surface area contributed by atoms with Crippen molar-refractivity contribution >= 4 is 5.82 Å². The van der Waals surface area contributed by atoms with E-state index in [0.717, 1.165) is 5.69 Å². The summed E-state index contributed by atoms with van der Waals surface area (Å²) in [6.45, 7) is 4.10. The van der Waals surface area contributed by atoms with E-state index in [2.05, 4.69) is 15.3 Å². The molecule has 12 heavy (non-hydrogen) atoms. The Morgan fingerprint density at radius 2 is 2.25 bits per heavy atom. The van der Waals surface area contributed by atoms with Crippen molar-refractivity contribution in [2.24, 2.45) is 0 Å². The van der Waals surface area contributed by atoms with Crippen LogP contribution in [0, 0.1) is 6.92 Å². The fraction of sp³-hybridized carbons (Fsp3) is 0.500. The second-order valence-electron chi connectivity index (χ2n) is 2.77. The lowest BCUT2D eigenvalue weighted by Gasteiger charge is -2.06. The van der Waals surface area contributed by atoms with Crippen LogP contribution in [0.2, 0.25) is 0 Å². The minimum absolute atomic E-state index is 0.367. The molecule has 0 bridgehead atoms. The molecule has 0 aliphatic carbocycles. The van der Waals surface area contributed by atoms with Crippen molar-refractivity contribution in [1.29, 1.82) is 0 Å². The Hall–Kier alpha value is -1.16. The van der Waals surface area contributed by atoms with E-state index < -0.39 is 0 Å². The van der Waals surface area contributed by atoms with Crippen LogP contribution >= 0.6 is 0 Å². The number of aliphatic hydroxyl groups is 1. The molecule has 0 aliphatic rings. The minimum Gasteiger partial charge on any atom is -0.392 e. The molecule has 0 spiro atoms. The van der Waals surface area contributed by atoms with Crippen LogP contribution < -0.4 is 5.32 Å². The summed E-state index contributed by atoms with van der Waals surface area (Å²) in [5, 5.41) is 11.9. The molecule has 1 heterocycles. The topological polar surface area (TPSA) is 58.0 Å². The predicted molar refractivity (Wildman–Crippen MR) is 46.9 cm³/mol. The van der Waals surface area contributed by atoms with Crippen LogP contribution in [0.25, 0.3) is 0 Å². The monoisotopic (exact) mass is 167 g/mol. The van der Waals surface area contributed by atoms with Gasteiger partial charge in [0, 0.05) is 6.54 Å². The van der Waals surface area contributed by atoms with Gasteiger partial charge in [-0.1, -0.05) is 0 Å². The summed E-state index contributed by atoms with van der Waals surface area (Å²) in [6, 6.07) is 0. The Kier molecular flexibility index (Phi) is 2.99. The smallest absolute Gasteiger partial charge is 0.144 e. The number of aromatic nitrogens is 2. The molecular formula is C8H13N3O. The molecule has 0 radical (unpaired) electrons. The maximum absolute atomic E-state index is 8.96. The molecule has 0 aliphatic heterocycles. The van der Waals surface area contributed by atoms with Gasteiger partial charge in [-0.05, 0) is 13.8 Å². The van der Waals surface area contributed by atoms with Gasteiger partial charge in [-0.2, -0.15) is 0 Å². The normalized spacial score (nSPS) is 12.6. The first kappa shape index (κ1) is 8.93. The molecule has 0 fully saturated rings. The SMILES string of the molecule is Cc1cnc(NC[C@@H](C)O)cn1. The summed E-state index contributed by atoms with van der Waals surface area (Å²) in [5.74, 6) is 0.696. The van der Waals surface area contributed by atoms with Crippen LogP contribution in [0.15, 0.2) is 12.4 Å². The molecule has 1 aromatic heterocycles. The van der Waals surface area contributed by atoms with Crippen LogP contribution in [-0.4, -0.2) is 27.7 Å². The van der Waals surface area contributed by atoms with Crippen LogP contribution in [-0.2, 0) is 0 Å². The fourth-order valence-corrected chi connectivity index (χ4v) is 0.736. The summed E-state index contributed by atoms with van der Waals surface area (Å²) in [5.41, 5.74) is 0.887. The number of rotatable bonds is 3. The van der Waals surface area contributed by atoms with Crippen LogP contribution in [0.1, 0.15) is 12.6 Å². The fourth-order valence-electron chi connectivity index (χ4n) is 0.736. The lowest BCUT2D eigenvalue weighted by molar-refractivity contribution is 0.208. The number of hydrogen-bond acceptors (Lipinski definition) is 4. The second kappa shape index (κ2) is 4.01. The minimum atomic E-state index is -0.367. The Morgan fingerprint density at radius 3 is 2.75 bits per heavy atom. The van der Waals surface area contributed by atoms with Gasteiger partial charge in [-0.25, -0.2) is 4.98 Å². The quantitative estimate of drug-likeness (QED) is 0.691. The highest BCUT2D eigenvalue weighted by atomic mass is 16.3. The maximum atomic E-state index is 8.96. The van der Waals surface area contributed by atoms with E-state index >= 15 is 0 Å². The number of hydrogen-bond donors (Lipinski definition) is 2. The molecule has 0 saturated carbocycles. The molecule has 4 heteroatoms. The maximum Gasteiger partial charge on any atom is 0.144 e. The van der Waals surface area contributed by atoms with Crippen LogP contribution in [0.4, 0.5) is 5.82 Å². The van der Waals surface area contributed by atoms with E-state index in [9.17, 15) is 0 Å². The predicted octanol–water partition coefficient (Wildman–Crippen LogP) is 0.578. The zero-order chi connectivity index (χ0) is 8.97. The third-order valence-corrected chi connectivity index (χ3v) is 1.36. The first-order chi connectivity index (χ1) is 5.68. The first-order valence-electron chi connectivity index (χ1n) is 3.89. The standard InChI is InChI=1S/C8H13N3O/c1-6-3-10-8(5-9-6)11-4-7(2)12/h3,5,7,12H,4H2,1-2H3,(H,10,11)/t7-/m1/s1. The van der Waals surface area contributed by atoms with Gasteiger partial charge in [0.2, 0.25) is 0 Å². The number of anilines is 1. The molecule has 0 aromatic carbocycles. The summed E-state index contributed by atoms with van der Waals surface area (Å²) in [4.78, 5) is 8.12. The van der Waals surface area contributed by atoms with Gasteiger partial charge < -0.3 is 10.4 Å². The molecule has 66 valence electrons. The second-order valence-corrected chi connectivity index (χ2v) is 2.77. The van der Waals surface area contributed by atoms with Crippen molar-refractivity contribution < 1.29 is 5.11 Å². The number of nitrogens with zero attached hydrogens (tertiary/aromatic N) is 2. The highest BCUT2D eigenvalue weighted by Gasteiger charge is 1.96. The van der Waals surface area contributed by atoms with E-state index in [1.807, 2.05) is 6.92 Å². The number of aryl methyl sites for hydroxylation is 1. The van der Waals surface area contributed by atoms with E-state index in [4.69, 9.17) is 5.11 Å². The number of aliphatic hydroxyl groups excluding tert-OH is 1. The van der Waals surface area contributed by atoms with E-state index in [0.29, 0.717) is 12.4 Å². The van der Waals surface area contributed by atoms with E-state index in [-0.39, 0.29) is 6.10 Å². The van der Waals surface area contributed by atoms with Crippen molar-refractivity contribution in [2.75, 3.05) is 11.9 Å². The lowest BCUT2D eigenvalue weighted by atomic mass is 10.4. The Labute approximate surface area is 71.7 Å². The zero-order valence-corrected chi connectivity index (χ0v) is 7.28. The van der Waals surface area contributed by atoms with Crippen molar-refractivity contribution in [3.63, 3.8) is 0 Å². The highest BCUT2D eigenvalue weighted by Crippen LogP contribution is 1.99. The average Bonchev–Trinajstić information content (AvgIpc) is 2.03. The van der Waals surface area contributed by atoms with E-state index in [1.165, 1.54) is 0 Å². The van der Waals surface area contributed by atoms with Crippen molar-refractivity contribution in [1.82, 2.24) is 9.97 Å². The molecular weight excluding hydrogens is 154 g/mol. The Bertz CT molecular complexity index is 233. The van der Waals surface area contributed by atoms with E-state index in [1.54, 1.807) is 19.3 Å². The van der Waals surface area contributed by atoms with Gasteiger partial charge in [0.25, 0.3) is 0 Å². The first-order valence-corrected chi connectivity index (χ1v) is 3.89. The van der Waals surface area contributed by atoms with Gasteiger partial charge >= 0.3 is 0 Å². The van der Waals surface area contributed by atoms with Crippen LogP contribution in [0.5, 0.6) is 0 Å². The molecule has 0 unspecified atom stereocenters. The molecule has 2 N–H and O–H groups in total. The van der Waals surface area contributed by atoms with Gasteiger partial charge in [0.15, 0.2) is 0 Å². The molecule has 1 aromatic rings. The summed E-state index contributed by atoms with van der Waals surface area (Å²) >= 11 is 0. The van der Waals surface area contributed by atoms with Crippen molar-refractivity contribution in [3.8, 4) is 0 Å². The van der Waals surface area contributed by atoms with Crippen molar-refractivity contribution in [3.05, 3.63) is 18.1 Å². The molecule has 0 amide bonds. The van der Waals surface area contributed by atoms with Gasteiger partial charge in [0.1, 0.15) is 5.82 Å². The Morgan fingerprint density at radius 1 is 1.50 bits per heavy atom. The summed E-state index contributed by atoms with van der Waals surface area (Å²) < 4.78 is 0. The highest BCUT2D eigenvalue weighted by molar-refractivity contribution is 5.30. The summed E-state index contributed by atoms with van der Waals surface area (Å²) in [6.07, 6.45) is 2.97. The Balaban J connectivity index is 2.48. The number of nitrogens with one attached hydrogen (secondary N) is 1. The van der Waals surface area contributed by atoms with Gasteiger partial charge in [0.05, 0.1) is 24.2 Å². The average molecular weight is 167 g/mol. The lowest BCUT2D eigenvalue weighted by Crippen LogP contribution is -2.16. The van der Waals surface area contributed by atoms with Gasteiger partial charge in [-0.15, -0.1) is 0 Å². The molecule has 1 rings (SSSR count). The summed E-state index contributed by atoms with van der Waals surface area (Å²) in [7, 11) is 0. The molecule has 0 saturated heterocycles. The largest absolute Gasteiger partial charge is 0.392 e. The van der Waals surface area contributed by atoms with Gasteiger partial charge in [-0.3, -0.25) is 4.98 Å². The van der Waals surface area contributed by atoms with Crippen molar-refractivity contribution in [2.45, 2.75) is 20.0 Å². The third-order valence-electron chi connectivity index (χ3n) is 1.36.